The predicted molar refractivity (Wildman–Crippen MR) is 75.0 cm³/mol. The van der Waals surface area contributed by atoms with E-state index in [2.05, 4.69) is 24.3 Å². The largest absolute Gasteiger partial charge is 0.332 e. The van der Waals surface area contributed by atoms with E-state index in [0.717, 1.165) is 13.0 Å². The van der Waals surface area contributed by atoms with Crippen molar-refractivity contribution >= 4 is 17.6 Å². The van der Waals surface area contributed by atoms with Gasteiger partial charge in [0.05, 0.1) is 11.6 Å². The van der Waals surface area contributed by atoms with Crippen LogP contribution in [0.5, 0.6) is 0 Å². The van der Waals surface area contributed by atoms with Gasteiger partial charge in [-0.3, -0.25) is 4.68 Å². The number of amides is 2. The molecule has 2 amide bonds. The molecular formula is C13H19ClN4O. The Morgan fingerprint density at radius 3 is 2.79 bits per heavy atom. The van der Waals surface area contributed by atoms with E-state index in [9.17, 15) is 4.79 Å². The molecule has 5 nitrogen and oxygen atoms in total. The third-order valence-corrected chi connectivity index (χ3v) is 3.78. The summed E-state index contributed by atoms with van der Waals surface area (Å²) in [4.78, 5) is 13.9. The molecule has 0 fully saturated rings. The summed E-state index contributed by atoms with van der Waals surface area (Å²) in [6, 6.07) is -0.0615. The molecule has 0 unspecified atom stereocenters. The Labute approximate surface area is 118 Å². The third-order valence-electron chi connectivity index (χ3n) is 3.46. The van der Waals surface area contributed by atoms with Crippen LogP contribution in [0.15, 0.2) is 17.3 Å². The first-order chi connectivity index (χ1) is 8.97. The molecule has 0 aliphatic carbocycles. The number of carbonyl (C=O) groups excluding carboxylic acids is 1. The lowest BCUT2D eigenvalue weighted by Crippen LogP contribution is -2.43. The monoisotopic (exact) mass is 282 g/mol. The fraction of sp³-hybridized carbons (Fsp3) is 0.538. The zero-order valence-corrected chi connectivity index (χ0v) is 12.3. The van der Waals surface area contributed by atoms with E-state index in [4.69, 9.17) is 11.6 Å². The SMILES string of the molecule is CC1=C(C)CN(C(=O)NCc2nn(C)cc2Cl)CC1. The maximum atomic E-state index is 12.1. The number of urea groups is 1. The van der Waals surface area contributed by atoms with Crippen molar-refractivity contribution < 1.29 is 4.79 Å². The smallest absolute Gasteiger partial charge is 0.318 e. The van der Waals surface area contributed by atoms with Crippen LogP contribution in [0.2, 0.25) is 5.02 Å². The molecule has 0 spiro atoms. The fourth-order valence-electron chi connectivity index (χ4n) is 2.09. The van der Waals surface area contributed by atoms with Crippen LogP contribution in [0.1, 0.15) is 26.0 Å². The lowest BCUT2D eigenvalue weighted by atomic mass is 10.0. The van der Waals surface area contributed by atoms with Crippen molar-refractivity contribution in [3.63, 3.8) is 0 Å². The van der Waals surface area contributed by atoms with Crippen LogP contribution in [0.4, 0.5) is 4.79 Å². The van der Waals surface area contributed by atoms with Gasteiger partial charge in [0, 0.05) is 26.3 Å². The van der Waals surface area contributed by atoms with Gasteiger partial charge in [0.2, 0.25) is 0 Å². The molecule has 104 valence electrons. The normalized spacial score (nSPS) is 15.9. The maximum Gasteiger partial charge on any atom is 0.318 e. The Kier molecular flexibility index (Phi) is 4.14. The number of halogens is 1. The summed E-state index contributed by atoms with van der Waals surface area (Å²) in [7, 11) is 1.80. The van der Waals surface area contributed by atoms with Crippen LogP contribution in [0, 0.1) is 0 Å². The van der Waals surface area contributed by atoms with Gasteiger partial charge in [-0.25, -0.2) is 4.79 Å². The van der Waals surface area contributed by atoms with E-state index in [1.165, 1.54) is 11.1 Å². The molecule has 1 aliphatic heterocycles. The van der Waals surface area contributed by atoms with Crippen LogP contribution in [-0.4, -0.2) is 33.8 Å². The van der Waals surface area contributed by atoms with Gasteiger partial charge in [-0.15, -0.1) is 0 Å². The van der Waals surface area contributed by atoms with E-state index in [1.807, 2.05) is 4.90 Å². The minimum absolute atomic E-state index is 0.0615. The highest BCUT2D eigenvalue weighted by molar-refractivity contribution is 6.31. The summed E-state index contributed by atoms with van der Waals surface area (Å²) >= 11 is 6.00. The quantitative estimate of drug-likeness (QED) is 0.847. The maximum absolute atomic E-state index is 12.1. The Hall–Kier alpha value is -1.49. The number of nitrogens with one attached hydrogen (secondary N) is 1. The highest BCUT2D eigenvalue weighted by atomic mass is 35.5. The minimum Gasteiger partial charge on any atom is -0.332 e. The average molecular weight is 283 g/mol. The summed E-state index contributed by atoms with van der Waals surface area (Å²) in [6.45, 7) is 6.03. The first-order valence-corrected chi connectivity index (χ1v) is 6.71. The molecule has 0 aromatic carbocycles. The van der Waals surface area contributed by atoms with Crippen molar-refractivity contribution in [2.24, 2.45) is 7.05 Å². The Morgan fingerprint density at radius 2 is 2.21 bits per heavy atom. The van der Waals surface area contributed by atoms with Gasteiger partial charge in [-0.2, -0.15) is 5.10 Å². The lowest BCUT2D eigenvalue weighted by molar-refractivity contribution is 0.199. The highest BCUT2D eigenvalue weighted by Crippen LogP contribution is 2.17. The molecular weight excluding hydrogens is 264 g/mol. The molecule has 2 heterocycles. The Bertz CT molecular complexity index is 521. The first kappa shape index (κ1) is 13.9. The molecule has 0 atom stereocenters. The zero-order valence-electron chi connectivity index (χ0n) is 11.5. The van der Waals surface area contributed by atoms with Gasteiger partial charge in [-0.05, 0) is 20.3 Å². The summed E-state index contributed by atoms with van der Waals surface area (Å²) in [5.41, 5.74) is 3.35. The lowest BCUT2D eigenvalue weighted by Gasteiger charge is -2.28. The van der Waals surface area contributed by atoms with Gasteiger partial charge < -0.3 is 10.2 Å². The van der Waals surface area contributed by atoms with Crippen LogP contribution in [0.25, 0.3) is 0 Å². The standard InChI is InChI=1S/C13H19ClN4O/c1-9-4-5-18(7-10(9)2)13(19)15-6-12-11(14)8-17(3)16-12/h8H,4-7H2,1-3H3,(H,15,19). The van der Waals surface area contributed by atoms with Crippen molar-refractivity contribution in [2.75, 3.05) is 13.1 Å². The summed E-state index contributed by atoms with van der Waals surface area (Å²) in [5, 5.41) is 7.64. The van der Waals surface area contributed by atoms with Crippen molar-refractivity contribution in [1.29, 1.82) is 0 Å². The van der Waals surface area contributed by atoms with E-state index in [1.54, 1.807) is 17.9 Å². The van der Waals surface area contributed by atoms with Crippen molar-refractivity contribution in [3.8, 4) is 0 Å². The number of carbonyl (C=O) groups is 1. The molecule has 1 aromatic heterocycles. The molecule has 1 N–H and O–H groups in total. The highest BCUT2D eigenvalue weighted by Gasteiger charge is 2.19. The minimum atomic E-state index is -0.0615. The molecule has 6 heteroatoms. The number of rotatable bonds is 2. The van der Waals surface area contributed by atoms with Crippen LogP contribution >= 0.6 is 11.6 Å². The van der Waals surface area contributed by atoms with Crippen molar-refractivity contribution in [3.05, 3.63) is 28.1 Å². The zero-order chi connectivity index (χ0) is 14.0. The van der Waals surface area contributed by atoms with E-state index in [-0.39, 0.29) is 6.03 Å². The van der Waals surface area contributed by atoms with Crippen LogP contribution in [-0.2, 0) is 13.6 Å². The molecule has 2 rings (SSSR count). The second-order valence-electron chi connectivity index (χ2n) is 4.99. The number of aromatic nitrogens is 2. The number of aryl methyl sites for hydroxylation is 1. The second kappa shape index (κ2) is 5.65. The number of nitrogens with zero attached hydrogens (tertiary/aromatic N) is 3. The van der Waals surface area contributed by atoms with Gasteiger partial charge in [0.1, 0.15) is 5.69 Å². The van der Waals surface area contributed by atoms with Crippen molar-refractivity contribution in [1.82, 2.24) is 20.0 Å². The Morgan fingerprint density at radius 1 is 1.47 bits per heavy atom. The molecule has 0 saturated heterocycles. The molecule has 19 heavy (non-hydrogen) atoms. The molecule has 1 aliphatic rings. The van der Waals surface area contributed by atoms with Gasteiger partial charge in [-0.1, -0.05) is 22.7 Å². The van der Waals surface area contributed by atoms with E-state index in [0.29, 0.717) is 23.8 Å². The summed E-state index contributed by atoms with van der Waals surface area (Å²) in [6.07, 6.45) is 2.67. The molecule has 0 bridgehead atoms. The molecule has 0 saturated carbocycles. The van der Waals surface area contributed by atoms with E-state index < -0.39 is 0 Å². The van der Waals surface area contributed by atoms with Crippen LogP contribution in [0.3, 0.4) is 0 Å². The van der Waals surface area contributed by atoms with Gasteiger partial charge in [0.15, 0.2) is 0 Å². The van der Waals surface area contributed by atoms with Gasteiger partial charge in [0.25, 0.3) is 0 Å². The van der Waals surface area contributed by atoms with Gasteiger partial charge >= 0.3 is 6.03 Å². The second-order valence-corrected chi connectivity index (χ2v) is 5.40. The van der Waals surface area contributed by atoms with E-state index >= 15 is 0 Å². The Balaban J connectivity index is 1.90. The number of hydrogen-bond donors (Lipinski definition) is 1. The summed E-state index contributed by atoms with van der Waals surface area (Å²) in [5.74, 6) is 0. The fourth-order valence-corrected chi connectivity index (χ4v) is 2.33. The van der Waals surface area contributed by atoms with Crippen molar-refractivity contribution in [2.45, 2.75) is 26.8 Å². The molecule has 0 radical (unpaired) electrons. The summed E-state index contributed by atoms with van der Waals surface area (Å²) < 4.78 is 1.64. The average Bonchev–Trinajstić information content (AvgIpc) is 2.68. The first-order valence-electron chi connectivity index (χ1n) is 6.33. The third kappa shape index (κ3) is 3.29. The predicted octanol–water partition coefficient (Wildman–Crippen LogP) is 2.33. The van der Waals surface area contributed by atoms with Crippen LogP contribution < -0.4 is 5.32 Å². The topological polar surface area (TPSA) is 50.2 Å². The molecule has 1 aromatic rings. The number of hydrogen-bond acceptors (Lipinski definition) is 2.